The minimum atomic E-state index is 0.163. The van der Waals surface area contributed by atoms with Gasteiger partial charge in [0.25, 0.3) is 0 Å². The minimum Gasteiger partial charge on any atom is -0.463 e. The predicted octanol–water partition coefficient (Wildman–Crippen LogP) is 1.54. The number of halogens is 1. The van der Waals surface area contributed by atoms with Gasteiger partial charge in [-0.05, 0) is 24.4 Å². The molecule has 1 aromatic rings. The number of hydrogen-bond acceptors (Lipinski definition) is 6. The van der Waals surface area contributed by atoms with Gasteiger partial charge in [0.2, 0.25) is 11.2 Å². The van der Waals surface area contributed by atoms with Gasteiger partial charge in [-0.15, -0.1) is 0 Å². The van der Waals surface area contributed by atoms with Crippen LogP contribution in [-0.2, 0) is 4.74 Å². The molecule has 0 radical (unpaired) electrons. The van der Waals surface area contributed by atoms with E-state index in [4.69, 9.17) is 21.1 Å². The van der Waals surface area contributed by atoms with Crippen LogP contribution in [0.2, 0.25) is 5.28 Å². The highest BCUT2D eigenvalue weighted by Gasteiger charge is 2.15. The van der Waals surface area contributed by atoms with Gasteiger partial charge in [-0.25, -0.2) is 0 Å². The molecule has 1 aliphatic heterocycles. The van der Waals surface area contributed by atoms with Crippen LogP contribution in [0.1, 0.15) is 19.8 Å². The first-order chi connectivity index (χ1) is 8.79. The first-order valence-electron chi connectivity index (χ1n) is 6.16. The van der Waals surface area contributed by atoms with Crippen LogP contribution < -0.4 is 9.64 Å². The van der Waals surface area contributed by atoms with Gasteiger partial charge in [-0.3, -0.25) is 0 Å². The lowest BCUT2D eigenvalue weighted by Crippen LogP contribution is -2.28. The summed E-state index contributed by atoms with van der Waals surface area (Å²) in [5.41, 5.74) is 0. The van der Waals surface area contributed by atoms with Crippen molar-refractivity contribution in [3.8, 4) is 6.01 Å². The molecule has 1 saturated heterocycles. The number of rotatable bonds is 4. The summed E-state index contributed by atoms with van der Waals surface area (Å²) in [5.74, 6) is 0.562. The number of nitrogens with zero attached hydrogens (tertiary/aromatic N) is 4. The molecule has 0 unspecified atom stereocenters. The van der Waals surface area contributed by atoms with E-state index in [1.807, 2.05) is 11.8 Å². The molecule has 6 nitrogen and oxygen atoms in total. The lowest BCUT2D eigenvalue weighted by atomic mass is 10.4. The number of anilines is 1. The van der Waals surface area contributed by atoms with E-state index in [2.05, 4.69) is 15.0 Å². The van der Waals surface area contributed by atoms with E-state index >= 15 is 0 Å². The fourth-order valence-electron chi connectivity index (χ4n) is 1.67. The monoisotopic (exact) mass is 272 g/mol. The third-order valence-electron chi connectivity index (χ3n) is 2.52. The molecule has 0 aromatic carbocycles. The van der Waals surface area contributed by atoms with E-state index in [9.17, 15) is 0 Å². The highest BCUT2D eigenvalue weighted by molar-refractivity contribution is 6.28. The fourth-order valence-corrected chi connectivity index (χ4v) is 1.82. The summed E-state index contributed by atoms with van der Waals surface area (Å²) < 4.78 is 10.8. The van der Waals surface area contributed by atoms with Crippen LogP contribution in [0.15, 0.2) is 0 Å². The van der Waals surface area contributed by atoms with Gasteiger partial charge in [-0.2, -0.15) is 15.0 Å². The summed E-state index contributed by atoms with van der Waals surface area (Å²) in [6.07, 6.45) is 1.85. The third kappa shape index (κ3) is 3.68. The number of hydrogen-bond donors (Lipinski definition) is 0. The van der Waals surface area contributed by atoms with Crippen molar-refractivity contribution >= 4 is 17.5 Å². The molecule has 0 atom stereocenters. The minimum absolute atomic E-state index is 0.163. The molecule has 7 heteroatoms. The summed E-state index contributed by atoms with van der Waals surface area (Å²) in [6, 6.07) is 0.289. The van der Waals surface area contributed by atoms with E-state index < -0.39 is 0 Å². The summed E-state index contributed by atoms with van der Waals surface area (Å²) in [5, 5.41) is 0.163. The van der Waals surface area contributed by atoms with E-state index in [-0.39, 0.29) is 11.3 Å². The largest absolute Gasteiger partial charge is 0.463 e. The molecule has 0 saturated carbocycles. The van der Waals surface area contributed by atoms with Crippen LogP contribution in [0.3, 0.4) is 0 Å². The number of aromatic nitrogens is 3. The first kappa shape index (κ1) is 13.3. The molecule has 0 aliphatic carbocycles. The standard InChI is InChI=1S/C11H17ClN4O2/c1-2-6-18-11-14-9(12)13-10(15-11)16-4-3-7-17-8-5-16/h2-8H2,1H3. The van der Waals surface area contributed by atoms with Gasteiger partial charge in [0.15, 0.2) is 0 Å². The summed E-state index contributed by atoms with van der Waals surface area (Å²) in [6.45, 7) is 5.66. The van der Waals surface area contributed by atoms with Crippen LogP contribution in [0.5, 0.6) is 6.01 Å². The second kappa shape index (κ2) is 6.70. The molecular formula is C11H17ClN4O2. The highest BCUT2D eigenvalue weighted by atomic mass is 35.5. The molecular weight excluding hydrogens is 256 g/mol. The van der Waals surface area contributed by atoms with Crippen LogP contribution in [-0.4, -0.2) is 47.9 Å². The molecule has 0 bridgehead atoms. The molecule has 0 amide bonds. The lowest BCUT2D eigenvalue weighted by molar-refractivity contribution is 0.152. The zero-order chi connectivity index (χ0) is 12.8. The Morgan fingerprint density at radius 2 is 2.17 bits per heavy atom. The zero-order valence-electron chi connectivity index (χ0n) is 10.4. The zero-order valence-corrected chi connectivity index (χ0v) is 11.2. The van der Waals surface area contributed by atoms with Gasteiger partial charge >= 0.3 is 6.01 Å². The quantitative estimate of drug-likeness (QED) is 0.829. The van der Waals surface area contributed by atoms with Gasteiger partial charge in [-0.1, -0.05) is 6.92 Å². The van der Waals surface area contributed by atoms with Crippen molar-refractivity contribution in [2.24, 2.45) is 0 Å². The SMILES string of the molecule is CCCOc1nc(Cl)nc(N2CCCOCC2)n1. The predicted molar refractivity (Wildman–Crippen MR) is 68.3 cm³/mol. The lowest BCUT2D eigenvalue weighted by Gasteiger charge is -2.19. The fraction of sp³-hybridized carbons (Fsp3) is 0.727. The van der Waals surface area contributed by atoms with Crippen molar-refractivity contribution in [2.45, 2.75) is 19.8 Å². The average Bonchev–Trinajstić information content (AvgIpc) is 2.64. The van der Waals surface area contributed by atoms with Crippen LogP contribution in [0, 0.1) is 0 Å². The number of ether oxygens (including phenoxy) is 2. The van der Waals surface area contributed by atoms with Crippen molar-refractivity contribution < 1.29 is 9.47 Å². The van der Waals surface area contributed by atoms with Gasteiger partial charge in [0, 0.05) is 19.7 Å². The topological polar surface area (TPSA) is 60.4 Å². The van der Waals surface area contributed by atoms with Crippen LogP contribution in [0.4, 0.5) is 5.95 Å². The Bertz CT molecular complexity index is 383. The molecule has 0 spiro atoms. The molecule has 0 N–H and O–H groups in total. The van der Waals surface area contributed by atoms with E-state index in [0.717, 1.165) is 32.5 Å². The molecule has 1 aliphatic rings. The Kier molecular flexibility index (Phi) is 4.95. The molecule has 18 heavy (non-hydrogen) atoms. The first-order valence-corrected chi connectivity index (χ1v) is 6.54. The van der Waals surface area contributed by atoms with Crippen molar-refractivity contribution in [1.82, 2.24) is 15.0 Å². The Balaban J connectivity index is 2.12. The van der Waals surface area contributed by atoms with Crippen LogP contribution >= 0.6 is 11.6 Å². The molecule has 1 aromatic heterocycles. The Hall–Kier alpha value is -1.14. The summed E-state index contributed by atoms with van der Waals surface area (Å²) >= 11 is 5.89. The second-order valence-electron chi connectivity index (χ2n) is 3.99. The maximum atomic E-state index is 5.89. The van der Waals surface area contributed by atoms with Gasteiger partial charge < -0.3 is 14.4 Å². The van der Waals surface area contributed by atoms with E-state index in [1.54, 1.807) is 0 Å². The normalized spacial score (nSPS) is 16.4. The highest BCUT2D eigenvalue weighted by Crippen LogP contribution is 2.16. The van der Waals surface area contributed by atoms with Gasteiger partial charge in [0.05, 0.1) is 13.2 Å². The van der Waals surface area contributed by atoms with Crippen LogP contribution in [0.25, 0.3) is 0 Å². The van der Waals surface area contributed by atoms with Crippen molar-refractivity contribution in [3.05, 3.63) is 5.28 Å². The average molecular weight is 273 g/mol. The molecule has 2 heterocycles. The second-order valence-corrected chi connectivity index (χ2v) is 4.33. The van der Waals surface area contributed by atoms with Crippen molar-refractivity contribution in [2.75, 3.05) is 37.8 Å². The smallest absolute Gasteiger partial charge is 0.322 e. The maximum Gasteiger partial charge on any atom is 0.322 e. The Morgan fingerprint density at radius 1 is 1.28 bits per heavy atom. The molecule has 1 fully saturated rings. The van der Waals surface area contributed by atoms with Crippen molar-refractivity contribution in [3.63, 3.8) is 0 Å². The van der Waals surface area contributed by atoms with Crippen molar-refractivity contribution in [1.29, 1.82) is 0 Å². The third-order valence-corrected chi connectivity index (χ3v) is 2.69. The van der Waals surface area contributed by atoms with E-state index in [0.29, 0.717) is 19.2 Å². The van der Waals surface area contributed by atoms with E-state index in [1.165, 1.54) is 0 Å². The molecule has 2 rings (SSSR count). The summed E-state index contributed by atoms with van der Waals surface area (Å²) in [4.78, 5) is 14.4. The molecule has 100 valence electrons. The van der Waals surface area contributed by atoms with Gasteiger partial charge in [0.1, 0.15) is 0 Å². The Labute approximate surface area is 111 Å². The Morgan fingerprint density at radius 3 is 3.00 bits per heavy atom. The maximum absolute atomic E-state index is 5.89. The summed E-state index contributed by atoms with van der Waals surface area (Å²) in [7, 11) is 0.